The van der Waals surface area contributed by atoms with E-state index in [1.54, 1.807) is 24.3 Å². The van der Waals surface area contributed by atoms with E-state index >= 15 is 0 Å². The zero-order valence-corrected chi connectivity index (χ0v) is 39.6. The molecule has 0 spiro atoms. The Bertz CT molecular complexity index is 2410. The third-order valence-electron chi connectivity index (χ3n) is 11.9. The van der Waals surface area contributed by atoms with Gasteiger partial charge in [0.25, 0.3) is 11.8 Å². The fourth-order valence-corrected chi connectivity index (χ4v) is 9.84. The van der Waals surface area contributed by atoms with Gasteiger partial charge < -0.3 is 42.6 Å². The summed E-state index contributed by atoms with van der Waals surface area (Å²) in [6.07, 6.45) is -9.36. The van der Waals surface area contributed by atoms with Crippen molar-refractivity contribution in [2.45, 2.75) is 108 Å². The summed E-state index contributed by atoms with van der Waals surface area (Å²) in [4.78, 5) is 56.3. The molecule has 2 fully saturated rings. The Balaban J connectivity index is 1.22. The number of rotatable bonds is 21. The summed E-state index contributed by atoms with van der Waals surface area (Å²) in [6, 6.07) is 43.8. The quantitative estimate of drug-likeness (QED) is 0.0521. The molecule has 3 heterocycles. The zero-order chi connectivity index (χ0) is 48.1. The molecule has 0 aliphatic carbocycles. The third kappa shape index (κ3) is 12.5. The van der Waals surface area contributed by atoms with Crippen molar-refractivity contribution >= 4 is 35.5 Å². The number of amides is 2. The van der Waals surface area contributed by atoms with Crippen molar-refractivity contribution in [1.29, 1.82) is 0 Å². The molecule has 0 unspecified atom stereocenters. The highest BCUT2D eigenvalue weighted by Crippen LogP contribution is 2.41. The lowest BCUT2D eigenvalue weighted by molar-refractivity contribution is -0.347. The predicted molar refractivity (Wildman–Crippen MR) is 254 cm³/mol. The van der Waals surface area contributed by atoms with Gasteiger partial charge in [0.05, 0.1) is 50.8 Å². The molecule has 15 heteroatoms. The maximum Gasteiger partial charge on any atom is 0.303 e. The number of carbonyl (C=O) groups is 4. The molecule has 0 saturated carbocycles. The van der Waals surface area contributed by atoms with E-state index in [1.165, 1.54) is 30.5 Å². The average molecular weight is 960 g/mol. The van der Waals surface area contributed by atoms with Crippen LogP contribution in [0.3, 0.4) is 0 Å². The molecule has 2 saturated heterocycles. The second kappa shape index (κ2) is 24.2. The molecule has 10 atom stereocenters. The SMILES string of the molecule is CCS[C@@H]1O[C@H](COCc2ccccc2)[C@@H](O[C@@H]2O[C@H](COCc3ccccc3)[C@H](OC(C)=O)[C@H](OC(C)=O)[C@H]2OCc2ccccc2)[C@H](OCc2ccccc2)[C@H]1N1C(=O)c2ccccc2C1=O. The van der Waals surface area contributed by atoms with Gasteiger partial charge >= 0.3 is 11.9 Å². The molecule has 0 bridgehead atoms. The van der Waals surface area contributed by atoms with Gasteiger partial charge in [-0.25, -0.2) is 0 Å². The maximum atomic E-state index is 14.5. The molecule has 0 aromatic heterocycles. The highest BCUT2D eigenvalue weighted by molar-refractivity contribution is 7.99. The van der Waals surface area contributed by atoms with E-state index in [0.717, 1.165) is 22.3 Å². The van der Waals surface area contributed by atoms with Crippen molar-refractivity contribution in [2.75, 3.05) is 19.0 Å². The molecule has 5 aromatic rings. The number of hydrogen-bond donors (Lipinski definition) is 0. The predicted octanol–water partition coefficient (Wildman–Crippen LogP) is 7.71. The van der Waals surface area contributed by atoms with Crippen LogP contribution in [0.5, 0.6) is 0 Å². The number of ether oxygens (including phenoxy) is 9. The van der Waals surface area contributed by atoms with Gasteiger partial charge in [0, 0.05) is 13.8 Å². The first-order chi connectivity index (χ1) is 33.7. The minimum Gasteiger partial charge on any atom is -0.456 e. The molecule has 69 heavy (non-hydrogen) atoms. The van der Waals surface area contributed by atoms with Gasteiger partial charge in [-0.15, -0.1) is 11.8 Å². The summed E-state index contributed by atoms with van der Waals surface area (Å²) in [6.45, 7) is 4.84. The summed E-state index contributed by atoms with van der Waals surface area (Å²) in [5.74, 6) is -1.75. The minimum absolute atomic E-state index is 0.0139. The van der Waals surface area contributed by atoms with Gasteiger partial charge in [0.2, 0.25) is 0 Å². The summed E-state index contributed by atoms with van der Waals surface area (Å²) in [5, 5.41) is 0. The monoisotopic (exact) mass is 959 g/mol. The van der Waals surface area contributed by atoms with Crippen LogP contribution >= 0.6 is 11.8 Å². The number of hydrogen-bond acceptors (Lipinski definition) is 14. The van der Waals surface area contributed by atoms with Crippen LogP contribution in [0.2, 0.25) is 0 Å². The van der Waals surface area contributed by atoms with Crippen LogP contribution in [0, 0.1) is 0 Å². The fourth-order valence-electron chi connectivity index (χ4n) is 8.81. The number of nitrogens with zero attached hydrogens (tertiary/aromatic N) is 1. The first kappa shape index (κ1) is 49.7. The van der Waals surface area contributed by atoms with E-state index in [4.69, 9.17) is 42.6 Å². The summed E-state index contributed by atoms with van der Waals surface area (Å²) >= 11 is 1.43. The van der Waals surface area contributed by atoms with Crippen LogP contribution in [-0.4, -0.2) is 108 Å². The van der Waals surface area contributed by atoms with E-state index in [-0.39, 0.29) is 50.8 Å². The molecule has 0 N–H and O–H groups in total. The Hall–Kier alpha value is -5.75. The van der Waals surface area contributed by atoms with E-state index in [1.807, 2.05) is 128 Å². The zero-order valence-electron chi connectivity index (χ0n) is 38.7. The fraction of sp³-hybridized carbons (Fsp3) is 0.370. The maximum absolute atomic E-state index is 14.5. The molecule has 3 aliphatic heterocycles. The van der Waals surface area contributed by atoms with E-state index < -0.39 is 84.2 Å². The molecule has 2 amide bonds. The Kier molecular flexibility index (Phi) is 17.4. The van der Waals surface area contributed by atoms with Crippen LogP contribution in [0.4, 0.5) is 0 Å². The van der Waals surface area contributed by atoms with E-state index in [2.05, 4.69) is 0 Å². The lowest BCUT2D eigenvalue weighted by Crippen LogP contribution is -2.68. The smallest absolute Gasteiger partial charge is 0.303 e. The van der Waals surface area contributed by atoms with E-state index in [9.17, 15) is 19.2 Å². The van der Waals surface area contributed by atoms with Gasteiger partial charge in [-0.05, 0) is 40.1 Å². The number of imide groups is 1. The van der Waals surface area contributed by atoms with Gasteiger partial charge in [-0.3, -0.25) is 24.1 Å². The Labute approximate surface area is 406 Å². The van der Waals surface area contributed by atoms with Crippen molar-refractivity contribution in [3.8, 4) is 0 Å². The molecule has 362 valence electrons. The average Bonchev–Trinajstić information content (AvgIpc) is 3.61. The van der Waals surface area contributed by atoms with Crippen LogP contribution in [0.15, 0.2) is 146 Å². The number of thioether (sulfide) groups is 1. The van der Waals surface area contributed by atoms with Crippen LogP contribution in [0.1, 0.15) is 63.7 Å². The number of esters is 2. The summed E-state index contributed by atoms with van der Waals surface area (Å²) in [5.41, 5.74) is 3.15. The highest BCUT2D eigenvalue weighted by Gasteiger charge is 2.58. The van der Waals surface area contributed by atoms with E-state index in [0.29, 0.717) is 5.75 Å². The van der Waals surface area contributed by atoms with Crippen molar-refractivity contribution in [3.05, 3.63) is 179 Å². The van der Waals surface area contributed by atoms with Crippen molar-refractivity contribution in [1.82, 2.24) is 4.90 Å². The normalized spacial score (nSPS) is 25.5. The number of carbonyl (C=O) groups excluding carboxylic acids is 4. The number of fused-ring (bicyclic) bond motifs is 1. The Morgan fingerprint density at radius 3 is 1.41 bits per heavy atom. The molecule has 3 aliphatic rings. The van der Waals surface area contributed by atoms with Crippen LogP contribution in [0.25, 0.3) is 0 Å². The Morgan fingerprint density at radius 1 is 0.522 bits per heavy atom. The van der Waals surface area contributed by atoms with Crippen LogP contribution < -0.4 is 0 Å². The minimum atomic E-state index is -1.40. The highest BCUT2D eigenvalue weighted by atomic mass is 32.2. The first-order valence-electron chi connectivity index (χ1n) is 23.1. The number of benzene rings is 5. The summed E-state index contributed by atoms with van der Waals surface area (Å²) < 4.78 is 59.4. The molecular weight excluding hydrogens is 903 g/mol. The Morgan fingerprint density at radius 2 is 0.942 bits per heavy atom. The van der Waals surface area contributed by atoms with Gasteiger partial charge in [-0.2, -0.15) is 0 Å². The van der Waals surface area contributed by atoms with Gasteiger partial charge in [-0.1, -0.05) is 140 Å². The molecule has 5 aromatic carbocycles. The molecule has 8 rings (SSSR count). The van der Waals surface area contributed by atoms with Gasteiger partial charge in [0.1, 0.15) is 42.0 Å². The second-order valence-corrected chi connectivity index (χ2v) is 18.2. The lowest BCUT2D eigenvalue weighted by atomic mass is 9.94. The first-order valence-corrected chi connectivity index (χ1v) is 24.2. The third-order valence-corrected chi connectivity index (χ3v) is 13.0. The van der Waals surface area contributed by atoms with Crippen molar-refractivity contribution in [3.63, 3.8) is 0 Å². The van der Waals surface area contributed by atoms with Crippen LogP contribution in [-0.2, 0) is 78.6 Å². The second-order valence-electron chi connectivity index (χ2n) is 16.8. The topological polar surface area (TPSA) is 155 Å². The lowest BCUT2D eigenvalue weighted by Gasteiger charge is -2.51. The largest absolute Gasteiger partial charge is 0.456 e. The molecular formula is C54H57NO13S. The molecule has 0 radical (unpaired) electrons. The van der Waals surface area contributed by atoms with Gasteiger partial charge in [0.15, 0.2) is 18.5 Å². The standard InChI is InChI=1S/C54H57NO13S/c1-4-69-54-45(55-51(58)41-27-17-18-28-42(41)52(55)59)48(62-31-39-23-13-7-14-24-39)46(44(67-54)34-61-30-38-21-11-6-12-22-38)68-53-50(63-32-40-25-15-8-16-26-40)49(65-36(3)57)47(64-35(2)56)43(66-53)33-60-29-37-19-9-5-10-20-37/h5-28,43-50,53-54H,4,29-34H2,1-3H3/t43-,44-,45-,46-,47+,48-,49+,50-,53+,54+/m1/s1. The summed E-state index contributed by atoms with van der Waals surface area (Å²) in [7, 11) is 0. The molecule has 14 nitrogen and oxygen atoms in total. The van der Waals surface area contributed by atoms with Crippen molar-refractivity contribution < 1.29 is 61.8 Å². The van der Waals surface area contributed by atoms with Crippen molar-refractivity contribution in [2.24, 2.45) is 0 Å².